The van der Waals surface area contributed by atoms with Crippen LogP contribution >= 0.6 is 22.6 Å². The Morgan fingerprint density at radius 2 is 2.04 bits per heavy atom. The number of halogens is 1. The summed E-state index contributed by atoms with van der Waals surface area (Å²) < 4.78 is 10.7. The summed E-state index contributed by atoms with van der Waals surface area (Å²) in [6.45, 7) is 1.28. The Labute approximate surface area is 170 Å². The van der Waals surface area contributed by atoms with E-state index in [0.29, 0.717) is 6.42 Å². The molecule has 2 fully saturated rings. The third-order valence-electron chi connectivity index (χ3n) is 5.35. The number of carboxylic acids is 1. The van der Waals surface area contributed by atoms with Crippen LogP contribution in [-0.4, -0.2) is 33.6 Å². The lowest BCUT2D eigenvalue weighted by atomic mass is 9.71. The number of ether oxygens (including phenoxy) is 2. The molecule has 0 aromatic heterocycles. The molecule has 8 heteroatoms. The zero-order valence-electron chi connectivity index (χ0n) is 14.9. The van der Waals surface area contributed by atoms with E-state index in [1.165, 1.54) is 6.92 Å². The van der Waals surface area contributed by atoms with Gasteiger partial charge in [-0.3, -0.25) is 4.79 Å². The summed E-state index contributed by atoms with van der Waals surface area (Å²) >= 11 is 2.23. The SMILES string of the molecule is C[C@@](NC(=O)OCc1ccccc1)(C(=O)[O-])C1C(=O)O[C@H]2[C@@H]1CCC[C@@H]2I. The number of alkyl carbamates (subject to hydrolysis) is 1. The van der Waals surface area contributed by atoms with Gasteiger partial charge in [0, 0.05) is 9.84 Å². The van der Waals surface area contributed by atoms with Crippen LogP contribution < -0.4 is 10.4 Å². The first-order valence-corrected chi connectivity index (χ1v) is 10.1. The summed E-state index contributed by atoms with van der Waals surface area (Å²) in [5, 5.41) is 14.3. The minimum atomic E-state index is -1.90. The Hall–Kier alpha value is -1.84. The number of amides is 1. The van der Waals surface area contributed by atoms with E-state index in [-0.39, 0.29) is 22.6 Å². The fraction of sp³-hybridized carbons (Fsp3) is 0.526. The van der Waals surface area contributed by atoms with Crippen LogP contribution in [0.2, 0.25) is 0 Å². The molecule has 1 saturated heterocycles. The van der Waals surface area contributed by atoms with E-state index < -0.39 is 29.5 Å². The molecule has 1 aromatic carbocycles. The van der Waals surface area contributed by atoms with E-state index in [0.717, 1.165) is 18.4 Å². The minimum absolute atomic E-state index is 0.00715. The predicted octanol–water partition coefficient (Wildman–Crippen LogP) is 1.57. The molecule has 1 N–H and O–H groups in total. The average Bonchev–Trinajstić information content (AvgIpc) is 2.98. The first-order chi connectivity index (χ1) is 12.8. The van der Waals surface area contributed by atoms with Crippen LogP contribution in [0, 0.1) is 11.8 Å². The van der Waals surface area contributed by atoms with Gasteiger partial charge in [-0.1, -0.05) is 59.3 Å². The monoisotopic (exact) mass is 486 g/mol. The molecule has 1 heterocycles. The molecule has 1 aliphatic carbocycles. The van der Waals surface area contributed by atoms with E-state index in [4.69, 9.17) is 9.47 Å². The molecule has 0 spiro atoms. The number of hydrogen-bond acceptors (Lipinski definition) is 6. The van der Waals surface area contributed by atoms with Crippen LogP contribution in [0.1, 0.15) is 31.7 Å². The zero-order valence-corrected chi connectivity index (χ0v) is 17.0. The van der Waals surface area contributed by atoms with Crippen LogP contribution in [0.3, 0.4) is 0 Å². The second-order valence-electron chi connectivity index (χ2n) is 7.17. The Kier molecular flexibility index (Phi) is 5.92. The molecule has 7 nitrogen and oxygen atoms in total. The molecule has 0 radical (unpaired) electrons. The van der Waals surface area contributed by atoms with Crippen molar-refractivity contribution in [2.45, 2.75) is 48.4 Å². The van der Waals surface area contributed by atoms with Crippen molar-refractivity contribution in [2.75, 3.05) is 0 Å². The molecule has 5 atom stereocenters. The maximum atomic E-state index is 12.5. The first-order valence-electron chi connectivity index (χ1n) is 8.88. The van der Waals surface area contributed by atoms with Gasteiger partial charge in [0.15, 0.2) is 0 Å². The van der Waals surface area contributed by atoms with Crippen molar-refractivity contribution in [1.82, 2.24) is 5.32 Å². The highest BCUT2D eigenvalue weighted by Crippen LogP contribution is 2.45. The lowest BCUT2D eigenvalue weighted by Gasteiger charge is -2.39. The zero-order chi connectivity index (χ0) is 19.6. The molecule has 1 saturated carbocycles. The Balaban J connectivity index is 1.74. The number of aliphatic carboxylic acids is 1. The van der Waals surface area contributed by atoms with Gasteiger partial charge in [-0.15, -0.1) is 0 Å². The summed E-state index contributed by atoms with van der Waals surface area (Å²) in [6, 6.07) is 9.02. The minimum Gasteiger partial charge on any atom is -0.548 e. The largest absolute Gasteiger partial charge is 0.548 e. The van der Waals surface area contributed by atoms with Gasteiger partial charge in [0.25, 0.3) is 0 Å². The van der Waals surface area contributed by atoms with Gasteiger partial charge in [0.1, 0.15) is 12.7 Å². The van der Waals surface area contributed by atoms with Gasteiger partial charge in [0.05, 0.1) is 17.4 Å². The quantitative estimate of drug-likeness (QED) is 0.385. The number of carbonyl (C=O) groups excluding carboxylic acids is 3. The molecule has 1 unspecified atom stereocenters. The maximum absolute atomic E-state index is 12.5. The topological polar surface area (TPSA) is 105 Å². The van der Waals surface area contributed by atoms with E-state index in [9.17, 15) is 19.5 Å². The van der Waals surface area contributed by atoms with Gasteiger partial charge < -0.3 is 24.7 Å². The fourth-order valence-electron chi connectivity index (χ4n) is 3.94. The van der Waals surface area contributed by atoms with Crippen molar-refractivity contribution in [1.29, 1.82) is 0 Å². The van der Waals surface area contributed by atoms with Crippen LogP contribution in [0.15, 0.2) is 30.3 Å². The number of carboxylic acid groups (broad SMARTS) is 1. The molecule has 2 aliphatic rings. The number of nitrogens with one attached hydrogen (secondary N) is 1. The molecule has 1 aliphatic heterocycles. The molecule has 0 bridgehead atoms. The summed E-state index contributed by atoms with van der Waals surface area (Å²) in [6.07, 6.45) is 1.21. The third kappa shape index (κ3) is 4.04. The summed E-state index contributed by atoms with van der Waals surface area (Å²) in [5.74, 6) is -3.42. The lowest BCUT2D eigenvalue weighted by molar-refractivity contribution is -0.315. The van der Waals surface area contributed by atoms with Crippen LogP contribution in [0.5, 0.6) is 0 Å². The smallest absolute Gasteiger partial charge is 0.408 e. The van der Waals surface area contributed by atoms with E-state index in [1.54, 1.807) is 24.3 Å². The summed E-state index contributed by atoms with van der Waals surface area (Å²) in [4.78, 5) is 36.7. The fourth-order valence-corrected chi connectivity index (χ4v) is 5.06. The first kappa shape index (κ1) is 19.9. The molecular weight excluding hydrogens is 465 g/mol. The van der Waals surface area contributed by atoms with Crippen LogP contribution in [-0.2, 0) is 25.7 Å². The molecule has 146 valence electrons. The number of fused-ring (bicyclic) bond motifs is 1. The van der Waals surface area contributed by atoms with E-state index in [1.807, 2.05) is 6.07 Å². The normalized spacial score (nSPS) is 29.2. The van der Waals surface area contributed by atoms with Crippen molar-refractivity contribution >= 4 is 40.6 Å². The average molecular weight is 486 g/mol. The van der Waals surface area contributed by atoms with Crippen LogP contribution in [0.25, 0.3) is 0 Å². The number of hydrogen-bond donors (Lipinski definition) is 1. The van der Waals surface area contributed by atoms with Crippen molar-refractivity contribution in [3.63, 3.8) is 0 Å². The van der Waals surface area contributed by atoms with Gasteiger partial charge in [-0.2, -0.15) is 0 Å². The molecule has 27 heavy (non-hydrogen) atoms. The molecular formula is C19H21INO6-. The molecule has 1 amide bonds. The van der Waals surface area contributed by atoms with E-state index >= 15 is 0 Å². The lowest BCUT2D eigenvalue weighted by Crippen LogP contribution is -2.64. The third-order valence-corrected chi connectivity index (χ3v) is 6.68. The summed E-state index contributed by atoms with van der Waals surface area (Å²) in [5.41, 5.74) is -1.14. The maximum Gasteiger partial charge on any atom is 0.408 e. The van der Waals surface area contributed by atoms with Gasteiger partial charge in [0.2, 0.25) is 0 Å². The van der Waals surface area contributed by atoms with Gasteiger partial charge in [-0.05, 0) is 25.3 Å². The number of carbonyl (C=O) groups is 3. The Morgan fingerprint density at radius 3 is 2.70 bits per heavy atom. The Morgan fingerprint density at radius 1 is 1.33 bits per heavy atom. The number of alkyl halides is 1. The van der Waals surface area contributed by atoms with Gasteiger partial charge in [-0.25, -0.2) is 4.79 Å². The summed E-state index contributed by atoms with van der Waals surface area (Å²) in [7, 11) is 0. The second-order valence-corrected chi connectivity index (χ2v) is 8.77. The highest BCUT2D eigenvalue weighted by molar-refractivity contribution is 14.1. The van der Waals surface area contributed by atoms with Crippen molar-refractivity contribution in [3.8, 4) is 0 Å². The second kappa shape index (κ2) is 8.04. The molecule has 3 rings (SSSR count). The highest BCUT2D eigenvalue weighted by atomic mass is 127. The highest BCUT2D eigenvalue weighted by Gasteiger charge is 2.57. The Bertz CT molecular complexity index is 726. The van der Waals surface area contributed by atoms with Crippen molar-refractivity contribution in [3.05, 3.63) is 35.9 Å². The molecule has 1 aromatic rings. The van der Waals surface area contributed by atoms with Gasteiger partial charge >= 0.3 is 12.1 Å². The van der Waals surface area contributed by atoms with Crippen molar-refractivity contribution in [2.24, 2.45) is 11.8 Å². The van der Waals surface area contributed by atoms with E-state index in [2.05, 4.69) is 27.9 Å². The number of rotatable bonds is 5. The standard InChI is InChI=1S/C19H22INO6/c1-19(17(23)24,21-18(25)26-10-11-6-3-2-4-7-11)14-12-8-5-9-13(20)15(12)27-16(14)22/h2-4,6-7,12-15H,5,8-10H2,1H3,(H,21,25)(H,23,24)/p-1/t12-,13+,14?,15+,19+/m1/s1. The number of esters is 1. The predicted molar refractivity (Wildman–Crippen MR) is 102 cm³/mol. The number of benzene rings is 1. The van der Waals surface area contributed by atoms with Crippen LogP contribution in [0.4, 0.5) is 4.79 Å². The van der Waals surface area contributed by atoms with Crippen molar-refractivity contribution < 1.29 is 29.0 Å².